The van der Waals surface area contributed by atoms with Gasteiger partial charge in [0.25, 0.3) is 0 Å². The van der Waals surface area contributed by atoms with Crippen molar-refractivity contribution < 1.29 is 14.3 Å². The van der Waals surface area contributed by atoms with Crippen LogP contribution in [0.4, 0.5) is 10.8 Å². The molecule has 6 nitrogen and oxygen atoms in total. The molecular formula is C25H25N3O3S. The third-order valence-corrected chi connectivity index (χ3v) is 6.79. The number of carbonyl (C=O) groups excluding carboxylic acids is 2. The number of thiazole rings is 1. The summed E-state index contributed by atoms with van der Waals surface area (Å²) < 4.78 is 5.35. The molecule has 1 fully saturated rings. The summed E-state index contributed by atoms with van der Waals surface area (Å²) >= 11 is 1.42. The molecule has 2 aromatic carbocycles. The van der Waals surface area contributed by atoms with Gasteiger partial charge in [-0.2, -0.15) is 0 Å². The van der Waals surface area contributed by atoms with E-state index in [9.17, 15) is 9.59 Å². The van der Waals surface area contributed by atoms with Crippen molar-refractivity contribution in [2.45, 2.75) is 32.1 Å². The molecular weight excluding hydrogens is 422 g/mol. The van der Waals surface area contributed by atoms with E-state index >= 15 is 0 Å². The van der Waals surface area contributed by atoms with Crippen molar-refractivity contribution in [3.8, 4) is 17.0 Å². The van der Waals surface area contributed by atoms with Crippen LogP contribution < -0.4 is 15.0 Å². The monoisotopic (exact) mass is 447 g/mol. The molecule has 5 rings (SSSR count). The summed E-state index contributed by atoms with van der Waals surface area (Å²) in [5, 5.41) is 5.46. The zero-order valence-corrected chi connectivity index (χ0v) is 18.8. The third-order valence-electron chi connectivity index (χ3n) is 6.03. The molecule has 0 radical (unpaired) electrons. The molecule has 1 aliphatic heterocycles. The number of hydrogen-bond acceptors (Lipinski definition) is 5. The smallest absolute Gasteiger partial charge is 0.230 e. The van der Waals surface area contributed by atoms with Gasteiger partial charge in [-0.25, -0.2) is 4.98 Å². The number of nitrogens with zero attached hydrogens (tertiary/aromatic N) is 2. The number of benzene rings is 2. The van der Waals surface area contributed by atoms with Gasteiger partial charge in [0, 0.05) is 35.5 Å². The van der Waals surface area contributed by atoms with Crippen molar-refractivity contribution in [2.24, 2.45) is 5.92 Å². The van der Waals surface area contributed by atoms with Gasteiger partial charge in [0.15, 0.2) is 5.13 Å². The standard InChI is InChI=1S/C25H25N3O3S/c1-31-22-5-3-2-4-16(22)9-11-23(29)27-25-26-20(15-32-25)18-8-10-21-19(14-18)12-13-28(21)24(30)17-6-7-17/h2-5,8,10,14-15,17H,6-7,9,11-13H2,1H3,(H,26,27,29). The average Bonchev–Trinajstić information content (AvgIpc) is 3.42. The average molecular weight is 448 g/mol. The van der Waals surface area contributed by atoms with Crippen molar-refractivity contribution >= 4 is 34.0 Å². The highest BCUT2D eigenvalue weighted by atomic mass is 32.1. The van der Waals surface area contributed by atoms with Crippen LogP contribution in [0.2, 0.25) is 0 Å². The normalized spacial score (nSPS) is 14.8. The molecule has 1 saturated carbocycles. The number of hydrogen-bond donors (Lipinski definition) is 1. The van der Waals surface area contributed by atoms with Gasteiger partial charge in [-0.1, -0.05) is 24.3 Å². The summed E-state index contributed by atoms with van der Waals surface area (Å²) in [6, 6.07) is 13.9. The molecule has 2 heterocycles. The largest absolute Gasteiger partial charge is 0.496 e. The predicted octanol–water partition coefficient (Wildman–Crippen LogP) is 4.69. The number of carbonyl (C=O) groups is 2. The van der Waals surface area contributed by atoms with E-state index in [1.807, 2.05) is 46.7 Å². The number of rotatable bonds is 7. The number of ether oxygens (including phenoxy) is 1. The number of aromatic nitrogens is 1. The molecule has 0 bridgehead atoms. The van der Waals surface area contributed by atoms with Gasteiger partial charge in [0.05, 0.1) is 12.8 Å². The lowest BCUT2D eigenvalue weighted by atomic mass is 10.1. The fourth-order valence-electron chi connectivity index (χ4n) is 4.14. The molecule has 0 unspecified atom stereocenters. The fourth-order valence-corrected chi connectivity index (χ4v) is 4.88. The Kier molecular flexibility index (Phi) is 5.66. The first kappa shape index (κ1) is 20.7. The Morgan fingerprint density at radius 3 is 2.88 bits per heavy atom. The Morgan fingerprint density at radius 2 is 2.06 bits per heavy atom. The topological polar surface area (TPSA) is 71.5 Å². The van der Waals surface area contributed by atoms with E-state index in [4.69, 9.17) is 4.74 Å². The Bertz CT molecular complexity index is 1170. The maximum absolute atomic E-state index is 12.5. The molecule has 1 aromatic heterocycles. The minimum absolute atomic E-state index is 0.0695. The van der Waals surface area contributed by atoms with Crippen LogP contribution in [0.1, 0.15) is 30.4 Å². The Labute approximate surface area is 191 Å². The van der Waals surface area contributed by atoms with Gasteiger partial charge in [-0.3, -0.25) is 9.59 Å². The van der Waals surface area contributed by atoms with Gasteiger partial charge in [-0.05, 0) is 55.0 Å². The first-order valence-electron chi connectivity index (χ1n) is 10.9. The second-order valence-corrected chi connectivity index (χ2v) is 9.11. The molecule has 32 heavy (non-hydrogen) atoms. The van der Waals surface area contributed by atoms with Crippen molar-refractivity contribution in [2.75, 3.05) is 23.9 Å². The lowest BCUT2D eigenvalue weighted by Gasteiger charge is -2.17. The first-order chi connectivity index (χ1) is 15.6. The predicted molar refractivity (Wildman–Crippen MR) is 126 cm³/mol. The summed E-state index contributed by atoms with van der Waals surface area (Å²) in [7, 11) is 1.64. The van der Waals surface area contributed by atoms with Gasteiger partial charge in [0.2, 0.25) is 11.8 Å². The summed E-state index contributed by atoms with van der Waals surface area (Å²) in [4.78, 5) is 31.4. The highest BCUT2D eigenvalue weighted by Crippen LogP contribution is 2.38. The first-order valence-corrected chi connectivity index (χ1v) is 11.8. The molecule has 0 atom stereocenters. The maximum atomic E-state index is 12.5. The van der Waals surface area contributed by atoms with Crippen molar-refractivity contribution in [3.05, 3.63) is 59.0 Å². The number of aryl methyl sites for hydroxylation is 1. The lowest BCUT2D eigenvalue weighted by molar-refractivity contribution is -0.119. The zero-order chi connectivity index (χ0) is 22.1. The highest BCUT2D eigenvalue weighted by molar-refractivity contribution is 7.14. The lowest BCUT2D eigenvalue weighted by Crippen LogP contribution is -2.30. The van der Waals surface area contributed by atoms with E-state index in [1.165, 1.54) is 16.9 Å². The number of fused-ring (bicyclic) bond motifs is 1. The number of nitrogens with one attached hydrogen (secondary N) is 1. The van der Waals surface area contributed by atoms with Crippen molar-refractivity contribution in [1.29, 1.82) is 0 Å². The van der Waals surface area contributed by atoms with Crippen LogP contribution >= 0.6 is 11.3 Å². The van der Waals surface area contributed by atoms with Crippen LogP contribution in [0.5, 0.6) is 5.75 Å². The van der Waals surface area contributed by atoms with Gasteiger partial charge >= 0.3 is 0 Å². The maximum Gasteiger partial charge on any atom is 0.230 e. The summed E-state index contributed by atoms with van der Waals surface area (Å²) in [6.45, 7) is 0.763. The Morgan fingerprint density at radius 1 is 1.22 bits per heavy atom. The summed E-state index contributed by atoms with van der Waals surface area (Å²) in [6.07, 6.45) is 3.89. The van der Waals surface area contributed by atoms with Crippen LogP contribution in [0.3, 0.4) is 0 Å². The molecule has 2 amide bonds. The summed E-state index contributed by atoms with van der Waals surface area (Å²) in [5.74, 6) is 1.22. The quantitative estimate of drug-likeness (QED) is 0.570. The molecule has 7 heteroatoms. The number of amides is 2. The second kappa shape index (κ2) is 8.74. The molecule has 2 aliphatic rings. The molecule has 164 valence electrons. The van der Waals surface area contributed by atoms with E-state index in [2.05, 4.69) is 16.4 Å². The van der Waals surface area contributed by atoms with Gasteiger partial charge in [0.1, 0.15) is 5.75 Å². The second-order valence-electron chi connectivity index (χ2n) is 8.26. The van der Waals surface area contributed by atoms with Crippen LogP contribution in [-0.2, 0) is 22.4 Å². The van der Waals surface area contributed by atoms with E-state index in [0.29, 0.717) is 18.0 Å². The van der Waals surface area contributed by atoms with Crippen LogP contribution in [0.15, 0.2) is 47.8 Å². The number of para-hydroxylation sites is 1. The Balaban J connectivity index is 1.22. The minimum Gasteiger partial charge on any atom is -0.496 e. The molecule has 3 aromatic rings. The molecule has 1 N–H and O–H groups in total. The molecule has 0 spiro atoms. The van der Waals surface area contributed by atoms with E-state index in [1.54, 1.807) is 7.11 Å². The summed E-state index contributed by atoms with van der Waals surface area (Å²) in [5.41, 5.74) is 5.08. The highest BCUT2D eigenvalue weighted by Gasteiger charge is 2.36. The van der Waals surface area contributed by atoms with Crippen LogP contribution in [-0.4, -0.2) is 30.5 Å². The fraction of sp³-hybridized carbons (Fsp3) is 0.320. The third kappa shape index (κ3) is 4.25. The van der Waals surface area contributed by atoms with Gasteiger partial charge < -0.3 is 15.0 Å². The molecule has 1 aliphatic carbocycles. The minimum atomic E-state index is -0.0695. The van der Waals surface area contributed by atoms with Crippen LogP contribution in [0, 0.1) is 5.92 Å². The SMILES string of the molecule is COc1ccccc1CCC(=O)Nc1nc(-c2ccc3c(c2)CCN3C(=O)C2CC2)cs1. The van der Waals surface area contributed by atoms with Gasteiger partial charge in [-0.15, -0.1) is 11.3 Å². The Hall–Kier alpha value is -3.19. The number of methoxy groups -OCH3 is 1. The van der Waals surface area contributed by atoms with E-state index in [0.717, 1.165) is 54.1 Å². The van der Waals surface area contributed by atoms with Crippen LogP contribution in [0.25, 0.3) is 11.3 Å². The van der Waals surface area contributed by atoms with Crippen molar-refractivity contribution in [1.82, 2.24) is 4.98 Å². The molecule has 0 saturated heterocycles. The zero-order valence-electron chi connectivity index (χ0n) is 18.0. The van der Waals surface area contributed by atoms with E-state index < -0.39 is 0 Å². The number of anilines is 2. The van der Waals surface area contributed by atoms with E-state index in [-0.39, 0.29) is 17.7 Å². The van der Waals surface area contributed by atoms with Crippen molar-refractivity contribution in [3.63, 3.8) is 0 Å².